The molecule has 132 valence electrons. The molecule has 24 heavy (non-hydrogen) atoms. The van der Waals surface area contributed by atoms with Crippen molar-refractivity contribution in [2.45, 2.75) is 38.0 Å². The monoisotopic (exact) mass is 351 g/mol. The van der Waals surface area contributed by atoms with E-state index in [9.17, 15) is 4.79 Å². The molecule has 6 nitrogen and oxygen atoms in total. The summed E-state index contributed by atoms with van der Waals surface area (Å²) < 4.78 is 1.74. The quantitative estimate of drug-likeness (QED) is 0.873. The number of nitrogens with one attached hydrogen (secondary N) is 2. The number of halogens is 1. The van der Waals surface area contributed by atoms with Gasteiger partial charge in [0.05, 0.1) is 0 Å². The Balaban J connectivity index is 0.00000146. The molecule has 2 bridgehead atoms. The molecule has 4 unspecified atom stereocenters. The van der Waals surface area contributed by atoms with Crippen molar-refractivity contribution in [3.05, 3.63) is 5.82 Å². The number of rotatable bonds is 3. The molecule has 0 aromatic carbocycles. The van der Waals surface area contributed by atoms with Crippen molar-refractivity contribution in [1.82, 2.24) is 20.1 Å². The molecule has 5 rings (SSSR count). The molecule has 1 amide bonds. The molecule has 4 aliphatic rings. The Hall–Kier alpha value is -1.14. The summed E-state index contributed by atoms with van der Waals surface area (Å²) in [6, 6.07) is 0. The summed E-state index contributed by atoms with van der Waals surface area (Å²) in [6.07, 6.45) is 6.23. The molecule has 1 aromatic rings. The van der Waals surface area contributed by atoms with Crippen LogP contribution in [0.1, 0.15) is 43.8 Å². The molecular formula is C17H26ClN5O. The molecule has 2 N–H and O–H groups in total. The lowest BCUT2D eigenvalue weighted by atomic mass is 9.98. The van der Waals surface area contributed by atoms with Crippen molar-refractivity contribution in [2.24, 2.45) is 36.6 Å². The Labute approximate surface area is 148 Å². The fourth-order valence-electron chi connectivity index (χ4n) is 5.64. The van der Waals surface area contributed by atoms with E-state index < -0.39 is 0 Å². The zero-order chi connectivity index (χ0) is 15.6. The number of fused-ring (bicyclic) bond motifs is 5. The number of hydrogen-bond acceptors (Lipinski definition) is 4. The molecule has 4 fully saturated rings. The SMILES string of the molecule is Cl.Cn1nc(C2CCNCC2)nc1NC(=O)C1C2C3CCC(C3)C12. The second kappa shape index (κ2) is 5.99. The fourth-order valence-corrected chi connectivity index (χ4v) is 5.64. The number of carbonyl (C=O) groups excluding carboxylic acids is 1. The molecule has 1 aromatic heterocycles. The van der Waals surface area contributed by atoms with Crippen LogP contribution >= 0.6 is 12.4 Å². The molecule has 3 saturated carbocycles. The van der Waals surface area contributed by atoms with Gasteiger partial charge in [-0.1, -0.05) is 0 Å². The smallest absolute Gasteiger partial charge is 0.230 e. The second-order valence-corrected chi connectivity index (χ2v) is 7.94. The van der Waals surface area contributed by atoms with Crippen LogP contribution in [0.15, 0.2) is 0 Å². The topological polar surface area (TPSA) is 71.8 Å². The van der Waals surface area contributed by atoms with Crippen molar-refractivity contribution in [2.75, 3.05) is 18.4 Å². The van der Waals surface area contributed by atoms with Crippen molar-refractivity contribution >= 4 is 24.3 Å². The number of carbonyl (C=O) groups is 1. The van der Waals surface area contributed by atoms with Gasteiger partial charge in [-0.25, -0.2) is 4.68 Å². The Morgan fingerprint density at radius 1 is 1.17 bits per heavy atom. The molecule has 0 spiro atoms. The fraction of sp³-hybridized carbons (Fsp3) is 0.824. The highest BCUT2D eigenvalue weighted by Crippen LogP contribution is 2.69. The Morgan fingerprint density at radius 3 is 2.50 bits per heavy atom. The van der Waals surface area contributed by atoms with Crippen LogP contribution in [0.2, 0.25) is 0 Å². The number of anilines is 1. The minimum atomic E-state index is 0. The first-order chi connectivity index (χ1) is 11.2. The van der Waals surface area contributed by atoms with Gasteiger partial charge in [0.25, 0.3) is 0 Å². The van der Waals surface area contributed by atoms with E-state index in [2.05, 4.69) is 20.7 Å². The molecule has 2 heterocycles. The average molecular weight is 352 g/mol. The van der Waals surface area contributed by atoms with E-state index in [1.54, 1.807) is 4.68 Å². The Kier molecular flexibility index (Phi) is 4.07. The van der Waals surface area contributed by atoms with Gasteiger partial charge in [-0.15, -0.1) is 12.4 Å². The van der Waals surface area contributed by atoms with E-state index in [0.29, 0.717) is 23.7 Å². The zero-order valence-electron chi connectivity index (χ0n) is 14.1. The highest BCUT2D eigenvalue weighted by molar-refractivity contribution is 5.93. The first kappa shape index (κ1) is 16.3. The van der Waals surface area contributed by atoms with Crippen molar-refractivity contribution in [3.8, 4) is 0 Å². The largest absolute Gasteiger partial charge is 0.317 e. The molecule has 4 atom stereocenters. The van der Waals surface area contributed by atoms with Gasteiger partial charge in [-0.05, 0) is 68.9 Å². The predicted molar refractivity (Wildman–Crippen MR) is 93.0 cm³/mol. The number of aryl methyl sites for hydroxylation is 1. The maximum Gasteiger partial charge on any atom is 0.230 e. The van der Waals surface area contributed by atoms with Gasteiger partial charge in [-0.3, -0.25) is 10.1 Å². The summed E-state index contributed by atoms with van der Waals surface area (Å²) >= 11 is 0. The van der Waals surface area contributed by atoms with Crippen molar-refractivity contribution in [1.29, 1.82) is 0 Å². The van der Waals surface area contributed by atoms with Crippen LogP contribution in [0.5, 0.6) is 0 Å². The third kappa shape index (κ3) is 2.46. The normalized spacial score (nSPS) is 37.0. The number of amides is 1. The van der Waals surface area contributed by atoms with Gasteiger partial charge in [0.15, 0.2) is 5.82 Å². The summed E-state index contributed by atoms with van der Waals surface area (Å²) in [5, 5.41) is 11.0. The zero-order valence-corrected chi connectivity index (χ0v) is 14.9. The van der Waals surface area contributed by atoms with Gasteiger partial charge in [0.2, 0.25) is 11.9 Å². The first-order valence-corrected chi connectivity index (χ1v) is 9.15. The standard InChI is InChI=1S/C17H25N5O.ClH/c1-22-17(19-15(21-22)9-4-6-18-7-5-9)20-16(23)14-12-10-2-3-11(8-10)13(12)14;/h9-14,18H,2-8H2,1H3,(H,19,20,21,23);1H. The number of aromatic nitrogens is 3. The van der Waals surface area contributed by atoms with Crippen LogP contribution in [0, 0.1) is 29.6 Å². The minimum absolute atomic E-state index is 0. The van der Waals surface area contributed by atoms with Gasteiger partial charge in [0, 0.05) is 18.9 Å². The number of nitrogens with zero attached hydrogens (tertiary/aromatic N) is 3. The molecule has 0 radical (unpaired) electrons. The summed E-state index contributed by atoms with van der Waals surface area (Å²) in [6.45, 7) is 2.05. The van der Waals surface area contributed by atoms with Gasteiger partial charge >= 0.3 is 0 Å². The highest BCUT2D eigenvalue weighted by atomic mass is 35.5. The summed E-state index contributed by atoms with van der Waals surface area (Å²) in [5.74, 6) is 5.36. The second-order valence-electron chi connectivity index (χ2n) is 7.94. The van der Waals surface area contributed by atoms with Crippen LogP contribution in [0.25, 0.3) is 0 Å². The molecular weight excluding hydrogens is 326 g/mol. The van der Waals surface area contributed by atoms with Crippen LogP contribution in [0.4, 0.5) is 5.95 Å². The first-order valence-electron chi connectivity index (χ1n) is 9.15. The lowest BCUT2D eigenvalue weighted by Gasteiger charge is -2.19. The van der Waals surface area contributed by atoms with E-state index >= 15 is 0 Å². The van der Waals surface area contributed by atoms with E-state index in [0.717, 1.165) is 43.6 Å². The minimum Gasteiger partial charge on any atom is -0.317 e. The van der Waals surface area contributed by atoms with E-state index in [1.807, 2.05) is 7.05 Å². The summed E-state index contributed by atoms with van der Waals surface area (Å²) in [4.78, 5) is 17.3. The van der Waals surface area contributed by atoms with E-state index in [4.69, 9.17) is 0 Å². The third-order valence-electron chi connectivity index (χ3n) is 6.76. The highest BCUT2D eigenvalue weighted by Gasteiger charge is 2.67. The Bertz CT molecular complexity index is 625. The predicted octanol–water partition coefficient (Wildman–Crippen LogP) is 1.93. The van der Waals surface area contributed by atoms with Gasteiger partial charge in [0.1, 0.15) is 0 Å². The maximum absolute atomic E-state index is 12.6. The number of hydrogen-bond donors (Lipinski definition) is 2. The Morgan fingerprint density at radius 2 is 1.83 bits per heavy atom. The van der Waals surface area contributed by atoms with E-state index in [-0.39, 0.29) is 24.2 Å². The lowest BCUT2D eigenvalue weighted by molar-refractivity contribution is -0.118. The third-order valence-corrected chi connectivity index (χ3v) is 6.76. The molecule has 3 aliphatic carbocycles. The molecule has 1 aliphatic heterocycles. The van der Waals surface area contributed by atoms with Gasteiger partial charge in [-0.2, -0.15) is 10.1 Å². The van der Waals surface area contributed by atoms with Crippen molar-refractivity contribution in [3.63, 3.8) is 0 Å². The van der Waals surface area contributed by atoms with E-state index in [1.165, 1.54) is 19.3 Å². The maximum atomic E-state index is 12.6. The summed E-state index contributed by atoms with van der Waals surface area (Å²) in [5.41, 5.74) is 0. The van der Waals surface area contributed by atoms with Crippen LogP contribution < -0.4 is 10.6 Å². The van der Waals surface area contributed by atoms with Crippen LogP contribution in [0.3, 0.4) is 0 Å². The van der Waals surface area contributed by atoms with Crippen molar-refractivity contribution < 1.29 is 4.79 Å². The average Bonchev–Trinajstić information content (AvgIpc) is 2.84. The summed E-state index contributed by atoms with van der Waals surface area (Å²) in [7, 11) is 1.88. The van der Waals surface area contributed by atoms with Gasteiger partial charge < -0.3 is 5.32 Å². The number of piperidine rings is 1. The molecule has 1 saturated heterocycles. The lowest BCUT2D eigenvalue weighted by Crippen LogP contribution is -2.27. The van der Waals surface area contributed by atoms with Crippen LogP contribution in [-0.2, 0) is 11.8 Å². The molecule has 7 heteroatoms. The van der Waals surface area contributed by atoms with Crippen LogP contribution in [-0.4, -0.2) is 33.8 Å².